The van der Waals surface area contributed by atoms with E-state index in [4.69, 9.17) is 21.1 Å². The minimum absolute atomic E-state index is 0.0602. The Labute approximate surface area is 138 Å². The SMILES string of the molecule is Cn1cnnc1[C@@H]1CN(C(=O)COc2ccccc2Cl)CCO1. The monoisotopic (exact) mass is 336 g/mol. The number of para-hydroxylation sites is 1. The van der Waals surface area contributed by atoms with Crippen LogP contribution in [0.4, 0.5) is 0 Å². The zero-order chi connectivity index (χ0) is 16.2. The average Bonchev–Trinajstić information content (AvgIpc) is 3.00. The number of carbonyl (C=O) groups excluding carboxylic acids is 1. The highest BCUT2D eigenvalue weighted by atomic mass is 35.5. The van der Waals surface area contributed by atoms with E-state index in [2.05, 4.69) is 10.2 Å². The molecule has 23 heavy (non-hydrogen) atoms. The molecule has 1 aromatic carbocycles. The molecule has 0 aliphatic carbocycles. The number of aromatic nitrogens is 3. The summed E-state index contributed by atoms with van der Waals surface area (Å²) >= 11 is 6.01. The highest BCUT2D eigenvalue weighted by Gasteiger charge is 2.28. The summed E-state index contributed by atoms with van der Waals surface area (Å²) < 4.78 is 13.0. The summed E-state index contributed by atoms with van der Waals surface area (Å²) in [6.45, 7) is 1.35. The van der Waals surface area contributed by atoms with Gasteiger partial charge in [-0.1, -0.05) is 23.7 Å². The van der Waals surface area contributed by atoms with Crippen molar-refractivity contribution >= 4 is 17.5 Å². The van der Waals surface area contributed by atoms with Gasteiger partial charge in [-0.2, -0.15) is 0 Å². The largest absolute Gasteiger partial charge is 0.482 e. The van der Waals surface area contributed by atoms with Crippen LogP contribution in [-0.4, -0.2) is 51.9 Å². The van der Waals surface area contributed by atoms with Gasteiger partial charge in [0.2, 0.25) is 0 Å². The second-order valence-electron chi connectivity index (χ2n) is 5.22. The van der Waals surface area contributed by atoms with E-state index >= 15 is 0 Å². The third-order valence-corrected chi connectivity index (χ3v) is 3.95. The molecule has 1 atom stereocenters. The first kappa shape index (κ1) is 15.8. The molecule has 1 fully saturated rings. The summed E-state index contributed by atoms with van der Waals surface area (Å²) in [5, 5.41) is 8.37. The number of morpholine rings is 1. The molecule has 0 bridgehead atoms. The molecular formula is C15H17ClN4O3. The summed E-state index contributed by atoms with van der Waals surface area (Å²) in [5.41, 5.74) is 0. The Kier molecular flexibility index (Phi) is 4.78. The van der Waals surface area contributed by atoms with Crippen LogP contribution in [0.3, 0.4) is 0 Å². The number of benzene rings is 1. The smallest absolute Gasteiger partial charge is 0.260 e. The van der Waals surface area contributed by atoms with Crippen LogP contribution in [0.15, 0.2) is 30.6 Å². The summed E-state index contributed by atoms with van der Waals surface area (Å²) in [5.74, 6) is 1.09. The fourth-order valence-corrected chi connectivity index (χ4v) is 2.60. The van der Waals surface area contributed by atoms with Crippen molar-refractivity contribution in [2.75, 3.05) is 26.3 Å². The Morgan fingerprint density at radius 2 is 2.30 bits per heavy atom. The summed E-state index contributed by atoms with van der Waals surface area (Å²) in [6.07, 6.45) is 1.33. The molecule has 1 saturated heterocycles. The van der Waals surface area contributed by atoms with Gasteiger partial charge in [0.15, 0.2) is 12.4 Å². The molecule has 8 heteroatoms. The number of rotatable bonds is 4. The molecule has 1 amide bonds. The summed E-state index contributed by atoms with van der Waals surface area (Å²) in [7, 11) is 1.85. The molecule has 7 nitrogen and oxygen atoms in total. The van der Waals surface area contributed by atoms with E-state index in [0.29, 0.717) is 36.3 Å². The topological polar surface area (TPSA) is 69.5 Å². The highest BCUT2D eigenvalue weighted by molar-refractivity contribution is 6.32. The molecule has 0 unspecified atom stereocenters. The molecule has 122 valence electrons. The van der Waals surface area contributed by atoms with Crippen molar-refractivity contribution in [3.8, 4) is 5.75 Å². The van der Waals surface area contributed by atoms with Crippen LogP contribution in [0.1, 0.15) is 11.9 Å². The van der Waals surface area contributed by atoms with Gasteiger partial charge in [-0.15, -0.1) is 10.2 Å². The fraction of sp³-hybridized carbons (Fsp3) is 0.400. The van der Waals surface area contributed by atoms with E-state index < -0.39 is 0 Å². The van der Waals surface area contributed by atoms with Gasteiger partial charge in [0.25, 0.3) is 5.91 Å². The highest BCUT2D eigenvalue weighted by Crippen LogP contribution is 2.24. The van der Waals surface area contributed by atoms with Gasteiger partial charge in [0.05, 0.1) is 18.2 Å². The minimum Gasteiger partial charge on any atom is -0.482 e. The molecular weight excluding hydrogens is 320 g/mol. The number of hydrogen-bond acceptors (Lipinski definition) is 5. The lowest BCUT2D eigenvalue weighted by Gasteiger charge is -2.32. The molecule has 0 N–H and O–H groups in total. The fourth-order valence-electron chi connectivity index (χ4n) is 2.41. The number of nitrogens with zero attached hydrogens (tertiary/aromatic N) is 4. The van der Waals surface area contributed by atoms with Gasteiger partial charge >= 0.3 is 0 Å². The molecule has 3 rings (SSSR count). The van der Waals surface area contributed by atoms with Crippen molar-refractivity contribution < 1.29 is 14.3 Å². The molecule has 1 aliphatic rings. The van der Waals surface area contributed by atoms with E-state index in [1.54, 1.807) is 27.9 Å². The van der Waals surface area contributed by atoms with E-state index in [1.165, 1.54) is 0 Å². The van der Waals surface area contributed by atoms with Crippen LogP contribution in [0.2, 0.25) is 5.02 Å². The molecule has 2 heterocycles. The first-order valence-corrected chi connectivity index (χ1v) is 7.63. The van der Waals surface area contributed by atoms with Gasteiger partial charge in [-0.3, -0.25) is 4.79 Å². The van der Waals surface area contributed by atoms with Gasteiger partial charge < -0.3 is 18.9 Å². The predicted molar refractivity (Wildman–Crippen MR) is 83.2 cm³/mol. The first-order valence-electron chi connectivity index (χ1n) is 7.25. The van der Waals surface area contributed by atoms with Crippen molar-refractivity contribution in [1.29, 1.82) is 0 Å². The van der Waals surface area contributed by atoms with E-state index in [9.17, 15) is 4.79 Å². The first-order chi connectivity index (χ1) is 11.1. The van der Waals surface area contributed by atoms with Gasteiger partial charge in [0.1, 0.15) is 18.2 Å². The van der Waals surface area contributed by atoms with Gasteiger partial charge in [-0.25, -0.2) is 0 Å². The average molecular weight is 337 g/mol. The maximum Gasteiger partial charge on any atom is 0.260 e. The van der Waals surface area contributed by atoms with Gasteiger partial charge in [0, 0.05) is 13.6 Å². The Morgan fingerprint density at radius 3 is 3.04 bits per heavy atom. The number of amides is 1. The maximum absolute atomic E-state index is 12.3. The van der Waals surface area contributed by atoms with E-state index in [1.807, 2.05) is 19.2 Å². The van der Waals surface area contributed by atoms with Crippen LogP contribution in [-0.2, 0) is 16.6 Å². The molecule has 2 aromatic rings. The second-order valence-corrected chi connectivity index (χ2v) is 5.63. The third kappa shape index (κ3) is 3.62. The minimum atomic E-state index is -0.277. The Morgan fingerprint density at radius 1 is 1.48 bits per heavy atom. The zero-order valence-corrected chi connectivity index (χ0v) is 13.4. The molecule has 0 radical (unpaired) electrons. The number of carbonyl (C=O) groups is 1. The normalized spacial score (nSPS) is 18.0. The van der Waals surface area contributed by atoms with Crippen molar-refractivity contribution in [2.24, 2.45) is 7.05 Å². The van der Waals surface area contributed by atoms with Crippen molar-refractivity contribution in [2.45, 2.75) is 6.10 Å². The Hall–Kier alpha value is -2.12. The summed E-state index contributed by atoms with van der Waals surface area (Å²) in [6, 6.07) is 7.08. The maximum atomic E-state index is 12.3. The molecule has 1 aromatic heterocycles. The third-order valence-electron chi connectivity index (χ3n) is 3.64. The predicted octanol–water partition coefficient (Wildman–Crippen LogP) is 1.45. The van der Waals surface area contributed by atoms with Crippen LogP contribution >= 0.6 is 11.6 Å². The summed E-state index contributed by atoms with van der Waals surface area (Å²) in [4.78, 5) is 14.1. The molecule has 1 aliphatic heterocycles. The Balaban J connectivity index is 1.59. The molecule has 0 spiro atoms. The van der Waals surface area contributed by atoms with Crippen molar-refractivity contribution in [3.05, 3.63) is 41.4 Å². The lowest BCUT2D eigenvalue weighted by Crippen LogP contribution is -2.44. The van der Waals surface area contributed by atoms with Gasteiger partial charge in [-0.05, 0) is 12.1 Å². The van der Waals surface area contributed by atoms with Crippen molar-refractivity contribution in [3.63, 3.8) is 0 Å². The number of aryl methyl sites for hydroxylation is 1. The molecule has 0 saturated carbocycles. The second kappa shape index (κ2) is 6.97. The number of halogens is 1. The lowest BCUT2D eigenvalue weighted by atomic mass is 10.2. The number of ether oxygens (including phenoxy) is 2. The van der Waals surface area contributed by atoms with Crippen LogP contribution in [0.25, 0.3) is 0 Å². The zero-order valence-electron chi connectivity index (χ0n) is 12.7. The standard InChI is InChI=1S/C15H17ClN4O3/c1-19-10-17-18-15(19)13-8-20(6-7-22-13)14(21)9-23-12-5-3-2-4-11(12)16/h2-5,10,13H,6-9H2,1H3/t13-/m0/s1. The lowest BCUT2D eigenvalue weighted by molar-refractivity contribution is -0.141. The van der Waals surface area contributed by atoms with Crippen LogP contribution < -0.4 is 4.74 Å². The van der Waals surface area contributed by atoms with Crippen molar-refractivity contribution in [1.82, 2.24) is 19.7 Å². The quantitative estimate of drug-likeness (QED) is 0.845. The van der Waals surface area contributed by atoms with E-state index in [0.717, 1.165) is 0 Å². The van der Waals surface area contributed by atoms with E-state index in [-0.39, 0.29) is 18.6 Å². The number of hydrogen-bond donors (Lipinski definition) is 0. The van der Waals surface area contributed by atoms with Crippen LogP contribution in [0, 0.1) is 0 Å². The Bertz CT molecular complexity index is 691. The van der Waals surface area contributed by atoms with Crippen LogP contribution in [0.5, 0.6) is 5.75 Å².